The number of fused-ring (bicyclic) bond motifs is 2. The van der Waals surface area contributed by atoms with Crippen LogP contribution in [0.2, 0.25) is 0 Å². The minimum absolute atomic E-state index is 0.195. The number of imide groups is 1. The van der Waals surface area contributed by atoms with Crippen LogP contribution in [0, 0.1) is 11.3 Å². The molecule has 0 spiro atoms. The van der Waals surface area contributed by atoms with Crippen LogP contribution in [0.5, 0.6) is 0 Å². The zero-order valence-electron chi connectivity index (χ0n) is 20.0. The fourth-order valence-electron chi connectivity index (χ4n) is 5.35. The Bertz CT molecular complexity index is 1610. The van der Waals surface area contributed by atoms with Crippen LogP contribution >= 0.6 is 15.9 Å². The summed E-state index contributed by atoms with van der Waals surface area (Å²) in [5.74, 6) is -1.31. The van der Waals surface area contributed by atoms with Crippen LogP contribution in [0.25, 0.3) is 0 Å². The van der Waals surface area contributed by atoms with Gasteiger partial charge in [-0.15, -0.1) is 0 Å². The van der Waals surface area contributed by atoms with E-state index in [1.165, 1.54) is 0 Å². The highest BCUT2D eigenvalue weighted by atomic mass is 79.9. The lowest BCUT2D eigenvalue weighted by atomic mass is 9.92. The molecule has 0 radical (unpaired) electrons. The smallest absolute Gasteiger partial charge is 0.262 e. The van der Waals surface area contributed by atoms with Crippen molar-refractivity contribution in [2.45, 2.75) is 18.5 Å². The van der Waals surface area contributed by atoms with Gasteiger partial charge in [0.1, 0.15) is 6.04 Å². The molecule has 4 aromatic carbocycles. The molecule has 184 valence electrons. The van der Waals surface area contributed by atoms with Crippen LogP contribution < -0.4 is 4.90 Å². The Labute approximate surface area is 227 Å². The molecular weight excluding hydrogens is 542 g/mol. The Hall–Kier alpha value is -4.54. The van der Waals surface area contributed by atoms with Crippen molar-refractivity contribution in [3.05, 3.63) is 135 Å². The molecule has 0 saturated heterocycles. The average molecular weight is 562 g/mol. The minimum atomic E-state index is -1.04. The van der Waals surface area contributed by atoms with E-state index in [9.17, 15) is 19.6 Å². The molecule has 2 aliphatic rings. The molecule has 6 rings (SSSR count). The largest absolute Gasteiger partial charge is 0.299 e. The van der Waals surface area contributed by atoms with Crippen LogP contribution in [0.15, 0.2) is 102 Å². The Morgan fingerprint density at radius 3 is 1.97 bits per heavy atom. The SMILES string of the molecule is N#Cc1ccc(N2C(=O)[C@@H](N3C(=O)c4ccccc4C3=O)Cc3ccccc3[C@H]2c2ccc(Br)cc2)cc1. The summed E-state index contributed by atoms with van der Waals surface area (Å²) in [6.07, 6.45) is 0.195. The maximum Gasteiger partial charge on any atom is 0.262 e. The van der Waals surface area contributed by atoms with Gasteiger partial charge in [0, 0.05) is 16.6 Å². The maximum atomic E-state index is 14.6. The summed E-state index contributed by atoms with van der Waals surface area (Å²) < 4.78 is 0.906. The third-order valence-electron chi connectivity index (χ3n) is 7.14. The number of nitrogens with zero attached hydrogens (tertiary/aromatic N) is 3. The van der Waals surface area contributed by atoms with E-state index in [4.69, 9.17) is 0 Å². The molecule has 6 nitrogen and oxygen atoms in total. The molecule has 0 fully saturated rings. The molecule has 4 aromatic rings. The zero-order chi connectivity index (χ0) is 26.4. The number of anilines is 1. The van der Waals surface area contributed by atoms with Gasteiger partial charge in [0.15, 0.2) is 0 Å². The summed E-state index contributed by atoms with van der Waals surface area (Å²) in [7, 11) is 0. The van der Waals surface area contributed by atoms with Crippen LogP contribution in [0.3, 0.4) is 0 Å². The molecule has 0 saturated carbocycles. The summed E-state index contributed by atoms with van der Waals surface area (Å²) >= 11 is 3.49. The first-order valence-electron chi connectivity index (χ1n) is 12.1. The highest BCUT2D eigenvalue weighted by Gasteiger charge is 2.47. The molecule has 0 bridgehead atoms. The van der Waals surface area contributed by atoms with E-state index >= 15 is 0 Å². The van der Waals surface area contributed by atoms with Crippen molar-refractivity contribution in [3.63, 3.8) is 0 Å². The number of hydrogen-bond acceptors (Lipinski definition) is 4. The predicted octanol–water partition coefficient (Wildman–Crippen LogP) is 5.66. The molecule has 2 atom stereocenters. The second kappa shape index (κ2) is 9.40. The molecule has 7 heteroatoms. The van der Waals surface area contributed by atoms with Crippen LogP contribution in [0.1, 0.15) is 49.0 Å². The lowest BCUT2D eigenvalue weighted by Gasteiger charge is -2.34. The monoisotopic (exact) mass is 561 g/mol. The Morgan fingerprint density at radius 2 is 1.34 bits per heavy atom. The first-order chi connectivity index (χ1) is 18.5. The lowest BCUT2D eigenvalue weighted by Crippen LogP contribution is -2.51. The number of rotatable bonds is 3. The van der Waals surface area contributed by atoms with Gasteiger partial charge in [-0.25, -0.2) is 0 Å². The van der Waals surface area contributed by atoms with Gasteiger partial charge in [-0.05, 0) is 65.2 Å². The number of benzene rings is 4. The number of carbonyl (C=O) groups excluding carboxylic acids is 3. The van der Waals surface area contributed by atoms with E-state index in [1.807, 2.05) is 48.5 Å². The molecule has 0 N–H and O–H groups in total. The van der Waals surface area contributed by atoms with Crippen molar-refractivity contribution in [1.82, 2.24) is 4.90 Å². The summed E-state index contributed by atoms with van der Waals surface area (Å²) in [6.45, 7) is 0. The Kier molecular flexibility index (Phi) is 5.90. The molecule has 0 aromatic heterocycles. The van der Waals surface area contributed by atoms with E-state index in [1.54, 1.807) is 53.4 Å². The normalized spacial score (nSPS) is 18.6. The standard InChI is InChI=1S/C31H20BrN3O3/c32-22-13-11-20(12-14-22)28-24-6-2-1-5-21(24)17-27(31(38)34(28)23-15-9-19(18-33)10-16-23)35-29(36)25-7-3-4-8-26(25)30(35)37/h1-16,27-28H,17H2/t27-,28+/m0/s1. The average Bonchev–Trinajstić information content (AvgIpc) is 3.12. The van der Waals surface area contributed by atoms with Crippen molar-refractivity contribution < 1.29 is 14.4 Å². The van der Waals surface area contributed by atoms with Crippen molar-refractivity contribution in [1.29, 1.82) is 5.26 Å². The second-order valence-corrected chi connectivity index (χ2v) is 10.2. The van der Waals surface area contributed by atoms with E-state index in [-0.39, 0.29) is 12.3 Å². The molecule has 0 unspecified atom stereocenters. The third kappa shape index (κ3) is 3.82. The van der Waals surface area contributed by atoms with Crippen LogP contribution in [0.4, 0.5) is 5.69 Å². The number of halogens is 1. The zero-order valence-corrected chi connectivity index (χ0v) is 21.6. The molecule has 2 heterocycles. The van der Waals surface area contributed by atoms with E-state index in [0.29, 0.717) is 22.4 Å². The molecule has 38 heavy (non-hydrogen) atoms. The van der Waals surface area contributed by atoms with Crippen molar-refractivity contribution in [2.75, 3.05) is 4.90 Å². The lowest BCUT2D eigenvalue weighted by molar-refractivity contribution is -0.122. The van der Waals surface area contributed by atoms with Gasteiger partial charge in [-0.3, -0.25) is 24.2 Å². The van der Waals surface area contributed by atoms with Gasteiger partial charge in [0.2, 0.25) is 0 Å². The Balaban J connectivity index is 1.56. The second-order valence-electron chi connectivity index (χ2n) is 9.27. The summed E-state index contributed by atoms with van der Waals surface area (Å²) in [5, 5.41) is 9.34. The summed E-state index contributed by atoms with van der Waals surface area (Å²) in [6, 6.07) is 29.5. The van der Waals surface area contributed by atoms with Gasteiger partial charge in [0.05, 0.1) is 28.8 Å². The first kappa shape index (κ1) is 23.8. The number of amides is 3. The van der Waals surface area contributed by atoms with Crippen molar-refractivity contribution in [2.24, 2.45) is 0 Å². The third-order valence-corrected chi connectivity index (χ3v) is 7.67. The number of hydrogen-bond donors (Lipinski definition) is 0. The summed E-state index contributed by atoms with van der Waals surface area (Å²) in [5.41, 5.74) is 4.31. The van der Waals surface area contributed by atoms with E-state index in [0.717, 1.165) is 26.1 Å². The minimum Gasteiger partial charge on any atom is -0.299 e. The van der Waals surface area contributed by atoms with Gasteiger partial charge in [0.25, 0.3) is 17.7 Å². The van der Waals surface area contributed by atoms with Crippen molar-refractivity contribution >= 4 is 39.3 Å². The van der Waals surface area contributed by atoms with Crippen molar-refractivity contribution in [3.8, 4) is 6.07 Å². The molecular formula is C31H20BrN3O3. The fraction of sp³-hybridized carbons (Fsp3) is 0.0968. The fourth-order valence-corrected chi connectivity index (χ4v) is 5.61. The highest BCUT2D eigenvalue weighted by molar-refractivity contribution is 9.10. The van der Waals surface area contributed by atoms with Crippen LogP contribution in [-0.2, 0) is 11.2 Å². The van der Waals surface area contributed by atoms with Crippen LogP contribution in [-0.4, -0.2) is 28.7 Å². The van der Waals surface area contributed by atoms with Gasteiger partial charge in [-0.1, -0.05) is 64.5 Å². The first-order valence-corrected chi connectivity index (χ1v) is 12.9. The maximum absolute atomic E-state index is 14.6. The van der Waals surface area contributed by atoms with Gasteiger partial charge in [-0.2, -0.15) is 5.26 Å². The Morgan fingerprint density at radius 1 is 0.737 bits per heavy atom. The quantitative estimate of drug-likeness (QED) is 0.302. The molecule has 2 aliphatic heterocycles. The number of nitriles is 1. The number of carbonyl (C=O) groups is 3. The predicted molar refractivity (Wildman–Crippen MR) is 146 cm³/mol. The van der Waals surface area contributed by atoms with Gasteiger partial charge < -0.3 is 0 Å². The van der Waals surface area contributed by atoms with Gasteiger partial charge >= 0.3 is 0 Å². The van der Waals surface area contributed by atoms with E-state index < -0.39 is 23.9 Å². The van der Waals surface area contributed by atoms with E-state index in [2.05, 4.69) is 22.0 Å². The molecule has 3 amide bonds. The molecule has 0 aliphatic carbocycles. The topological polar surface area (TPSA) is 81.5 Å². The summed E-state index contributed by atoms with van der Waals surface area (Å²) in [4.78, 5) is 44.3. The highest BCUT2D eigenvalue weighted by Crippen LogP contribution is 2.40.